The SMILES string of the molecule is O=C(NCC1CC(F)(F)CCC1Cl)c1cccc2nc(N3CC[C@H](F)C3)ccc12. The van der Waals surface area contributed by atoms with Crippen LogP contribution in [0.5, 0.6) is 0 Å². The number of nitrogens with one attached hydrogen (secondary N) is 1. The zero-order chi connectivity index (χ0) is 20.6. The summed E-state index contributed by atoms with van der Waals surface area (Å²) in [7, 11) is 0. The van der Waals surface area contributed by atoms with Crippen molar-refractivity contribution < 1.29 is 18.0 Å². The number of halogens is 4. The molecule has 29 heavy (non-hydrogen) atoms. The van der Waals surface area contributed by atoms with Crippen LogP contribution in [0, 0.1) is 5.92 Å². The monoisotopic (exact) mass is 425 g/mol. The van der Waals surface area contributed by atoms with Gasteiger partial charge in [-0.3, -0.25) is 4.79 Å². The van der Waals surface area contributed by atoms with Gasteiger partial charge in [-0.05, 0) is 43.0 Å². The number of nitrogens with zero attached hydrogens (tertiary/aromatic N) is 2. The van der Waals surface area contributed by atoms with Gasteiger partial charge in [0.05, 0.1) is 12.1 Å². The lowest BCUT2D eigenvalue weighted by Gasteiger charge is -2.32. The number of hydrogen-bond donors (Lipinski definition) is 1. The zero-order valence-electron chi connectivity index (χ0n) is 15.9. The average molecular weight is 426 g/mol. The lowest BCUT2D eigenvalue weighted by molar-refractivity contribution is -0.0505. The molecule has 4 rings (SSSR count). The minimum atomic E-state index is -2.73. The number of hydrogen-bond acceptors (Lipinski definition) is 3. The van der Waals surface area contributed by atoms with E-state index in [0.29, 0.717) is 41.8 Å². The molecule has 1 saturated carbocycles. The summed E-state index contributed by atoms with van der Waals surface area (Å²) in [4.78, 5) is 19.2. The fraction of sp³-hybridized carbons (Fsp3) is 0.524. The quantitative estimate of drug-likeness (QED) is 0.730. The maximum Gasteiger partial charge on any atom is 0.251 e. The van der Waals surface area contributed by atoms with Gasteiger partial charge in [-0.1, -0.05) is 6.07 Å². The molecule has 1 aromatic heterocycles. The van der Waals surface area contributed by atoms with Crippen LogP contribution < -0.4 is 10.2 Å². The molecular formula is C21H23ClF3N3O. The first-order valence-corrected chi connectivity index (χ1v) is 10.3. The molecule has 4 nitrogen and oxygen atoms in total. The van der Waals surface area contributed by atoms with Gasteiger partial charge >= 0.3 is 0 Å². The smallest absolute Gasteiger partial charge is 0.251 e. The van der Waals surface area contributed by atoms with Crippen molar-refractivity contribution in [3.63, 3.8) is 0 Å². The summed E-state index contributed by atoms with van der Waals surface area (Å²) in [6.07, 6.45) is -0.630. The van der Waals surface area contributed by atoms with Gasteiger partial charge in [0.25, 0.3) is 5.91 Å². The second-order valence-electron chi connectivity index (χ2n) is 7.96. The van der Waals surface area contributed by atoms with Gasteiger partial charge in [-0.25, -0.2) is 18.2 Å². The van der Waals surface area contributed by atoms with Crippen molar-refractivity contribution in [1.82, 2.24) is 10.3 Å². The van der Waals surface area contributed by atoms with Gasteiger partial charge in [0.1, 0.15) is 12.0 Å². The molecule has 2 heterocycles. The number of carbonyl (C=O) groups is 1. The van der Waals surface area contributed by atoms with Crippen molar-refractivity contribution >= 4 is 34.2 Å². The van der Waals surface area contributed by atoms with Crippen LogP contribution in [0.1, 0.15) is 36.0 Å². The predicted octanol–water partition coefficient (Wildman–Crippen LogP) is 4.56. The zero-order valence-corrected chi connectivity index (χ0v) is 16.6. The van der Waals surface area contributed by atoms with Crippen LogP contribution >= 0.6 is 11.6 Å². The van der Waals surface area contributed by atoms with Gasteiger partial charge in [0.15, 0.2) is 0 Å². The number of carbonyl (C=O) groups excluding carboxylic acids is 1. The molecule has 8 heteroatoms. The summed E-state index contributed by atoms with van der Waals surface area (Å²) in [6, 6.07) is 8.80. The first-order chi connectivity index (χ1) is 13.8. The maximum absolute atomic E-state index is 13.7. The molecule has 2 unspecified atom stereocenters. The maximum atomic E-state index is 13.7. The Morgan fingerprint density at radius 3 is 2.86 bits per heavy atom. The van der Waals surface area contributed by atoms with Crippen LogP contribution in [0.25, 0.3) is 10.9 Å². The van der Waals surface area contributed by atoms with Crippen molar-refractivity contribution in [2.24, 2.45) is 5.92 Å². The molecule has 3 atom stereocenters. The molecule has 1 aliphatic heterocycles. The summed E-state index contributed by atoms with van der Waals surface area (Å²) in [6.45, 7) is 1.05. The van der Waals surface area contributed by atoms with Gasteiger partial charge in [-0.2, -0.15) is 0 Å². The number of fused-ring (bicyclic) bond motifs is 1. The lowest BCUT2D eigenvalue weighted by Crippen LogP contribution is -2.40. The van der Waals surface area contributed by atoms with E-state index < -0.39 is 18.0 Å². The average Bonchev–Trinajstić information content (AvgIpc) is 3.14. The minimum absolute atomic E-state index is 0.107. The van der Waals surface area contributed by atoms with E-state index in [9.17, 15) is 18.0 Å². The highest BCUT2D eigenvalue weighted by Gasteiger charge is 2.40. The van der Waals surface area contributed by atoms with Crippen LogP contribution in [0.2, 0.25) is 0 Å². The first kappa shape index (κ1) is 20.3. The molecule has 0 radical (unpaired) electrons. The Labute approximate surface area is 172 Å². The summed E-state index contributed by atoms with van der Waals surface area (Å²) in [5, 5.41) is 3.06. The fourth-order valence-corrected chi connectivity index (χ4v) is 4.45. The highest BCUT2D eigenvalue weighted by Crippen LogP contribution is 2.39. The van der Waals surface area contributed by atoms with E-state index in [-0.39, 0.29) is 37.1 Å². The van der Waals surface area contributed by atoms with Crippen molar-refractivity contribution in [2.45, 2.75) is 43.2 Å². The van der Waals surface area contributed by atoms with Gasteiger partial charge in [-0.15, -0.1) is 11.6 Å². The number of amides is 1. The molecule has 1 aliphatic carbocycles. The third-order valence-electron chi connectivity index (χ3n) is 5.80. The Hall–Kier alpha value is -2.02. The van der Waals surface area contributed by atoms with Crippen LogP contribution in [-0.2, 0) is 0 Å². The second kappa shape index (κ2) is 8.01. The summed E-state index contributed by atoms with van der Waals surface area (Å²) in [5.41, 5.74) is 1.07. The summed E-state index contributed by atoms with van der Waals surface area (Å²) >= 11 is 6.20. The van der Waals surface area contributed by atoms with Crippen LogP contribution in [-0.4, -0.2) is 48.0 Å². The van der Waals surface area contributed by atoms with E-state index in [1.54, 1.807) is 30.3 Å². The Morgan fingerprint density at radius 1 is 1.28 bits per heavy atom. The van der Waals surface area contributed by atoms with Gasteiger partial charge in [0, 0.05) is 42.3 Å². The Morgan fingerprint density at radius 2 is 2.10 bits per heavy atom. The van der Waals surface area contributed by atoms with Gasteiger partial charge in [0.2, 0.25) is 5.92 Å². The Kier molecular flexibility index (Phi) is 5.60. The van der Waals surface area contributed by atoms with Crippen molar-refractivity contribution in [3.05, 3.63) is 35.9 Å². The molecule has 1 saturated heterocycles. The van der Waals surface area contributed by atoms with Crippen molar-refractivity contribution in [2.75, 3.05) is 24.5 Å². The number of aromatic nitrogens is 1. The van der Waals surface area contributed by atoms with Crippen LogP contribution in [0.3, 0.4) is 0 Å². The number of anilines is 1. The first-order valence-electron chi connectivity index (χ1n) is 9.91. The molecule has 0 bridgehead atoms. The minimum Gasteiger partial charge on any atom is -0.354 e. The summed E-state index contributed by atoms with van der Waals surface area (Å²) < 4.78 is 40.8. The van der Waals surface area contributed by atoms with E-state index in [2.05, 4.69) is 10.3 Å². The lowest BCUT2D eigenvalue weighted by atomic mass is 9.86. The van der Waals surface area contributed by atoms with E-state index in [1.807, 2.05) is 4.90 Å². The number of alkyl halides is 4. The largest absolute Gasteiger partial charge is 0.354 e. The predicted molar refractivity (Wildman–Crippen MR) is 108 cm³/mol. The molecule has 1 aromatic carbocycles. The van der Waals surface area contributed by atoms with Crippen LogP contribution in [0.15, 0.2) is 30.3 Å². The topological polar surface area (TPSA) is 45.2 Å². The molecule has 1 amide bonds. The molecule has 1 N–H and O–H groups in total. The number of rotatable bonds is 4. The molecule has 156 valence electrons. The highest BCUT2D eigenvalue weighted by atomic mass is 35.5. The molecule has 2 fully saturated rings. The normalized spacial score (nSPS) is 26.6. The fourth-order valence-electron chi connectivity index (χ4n) is 4.16. The highest BCUT2D eigenvalue weighted by molar-refractivity contribution is 6.20. The molecule has 2 aliphatic rings. The third kappa shape index (κ3) is 4.44. The molecule has 2 aromatic rings. The van der Waals surface area contributed by atoms with Gasteiger partial charge < -0.3 is 10.2 Å². The number of benzene rings is 1. The van der Waals surface area contributed by atoms with Crippen molar-refractivity contribution in [3.8, 4) is 0 Å². The Balaban J connectivity index is 1.49. The van der Waals surface area contributed by atoms with Crippen LogP contribution in [0.4, 0.5) is 19.0 Å². The third-order valence-corrected chi connectivity index (χ3v) is 6.37. The molecular weight excluding hydrogens is 403 g/mol. The molecule has 0 spiro atoms. The standard InChI is InChI=1S/C21H23ClF3N3O/c22-17-6-8-21(24,25)10-13(17)11-26-20(29)16-2-1-3-18-15(16)4-5-19(27-18)28-9-7-14(23)12-28/h1-5,13-14,17H,6-12H2,(H,26,29)/t13?,14-,17?/m0/s1. The second-order valence-corrected chi connectivity index (χ2v) is 8.52. The van der Waals surface area contributed by atoms with E-state index in [4.69, 9.17) is 11.6 Å². The summed E-state index contributed by atoms with van der Waals surface area (Å²) in [5.74, 6) is -2.85. The Bertz CT molecular complexity index is 910. The number of pyridine rings is 1. The van der Waals surface area contributed by atoms with E-state index in [0.717, 1.165) is 0 Å². The van der Waals surface area contributed by atoms with E-state index in [1.165, 1.54) is 0 Å². The van der Waals surface area contributed by atoms with E-state index >= 15 is 0 Å². The van der Waals surface area contributed by atoms with Crippen molar-refractivity contribution in [1.29, 1.82) is 0 Å².